The summed E-state index contributed by atoms with van der Waals surface area (Å²) in [6.07, 6.45) is 4.17. The summed E-state index contributed by atoms with van der Waals surface area (Å²) in [6, 6.07) is 0. The smallest absolute Gasteiger partial charge is 0.306 e. The number of aliphatic carboxylic acids is 1. The van der Waals surface area contributed by atoms with E-state index < -0.39 is 5.97 Å². The van der Waals surface area contributed by atoms with Crippen molar-refractivity contribution < 1.29 is 15.0 Å². The second kappa shape index (κ2) is 3.29. The van der Waals surface area contributed by atoms with Crippen LogP contribution in [0, 0.1) is 17.8 Å². The number of rotatable bonds is 1. The highest BCUT2D eigenvalue weighted by atomic mass is 16.4. The van der Waals surface area contributed by atoms with Gasteiger partial charge in [-0.1, -0.05) is 0 Å². The van der Waals surface area contributed by atoms with Crippen LogP contribution in [-0.2, 0) is 4.79 Å². The van der Waals surface area contributed by atoms with Gasteiger partial charge in [0.2, 0.25) is 0 Å². The van der Waals surface area contributed by atoms with E-state index in [1.807, 2.05) is 0 Å². The molecule has 2 aliphatic rings. The summed E-state index contributed by atoms with van der Waals surface area (Å²) >= 11 is 0. The molecule has 0 heterocycles. The van der Waals surface area contributed by atoms with Crippen LogP contribution in [0.1, 0.15) is 32.1 Å². The molecule has 13 heavy (non-hydrogen) atoms. The van der Waals surface area contributed by atoms with E-state index in [1.165, 1.54) is 0 Å². The minimum absolute atomic E-state index is 0.142. The van der Waals surface area contributed by atoms with Gasteiger partial charge in [-0.25, -0.2) is 0 Å². The molecule has 74 valence electrons. The van der Waals surface area contributed by atoms with E-state index in [0.29, 0.717) is 11.8 Å². The Kier molecular flexibility index (Phi) is 2.28. The van der Waals surface area contributed by atoms with Crippen molar-refractivity contribution in [1.82, 2.24) is 0 Å². The van der Waals surface area contributed by atoms with E-state index >= 15 is 0 Å². The molecule has 0 radical (unpaired) electrons. The molecule has 2 rings (SSSR count). The van der Waals surface area contributed by atoms with Gasteiger partial charge < -0.3 is 10.2 Å². The SMILES string of the molecule is O=C(O)C1CC2CC(O)C[C@@H](C2)C1. The predicted octanol–water partition coefficient (Wildman–Crippen LogP) is 1.26. The summed E-state index contributed by atoms with van der Waals surface area (Å²) in [4.78, 5) is 10.8. The van der Waals surface area contributed by atoms with Crippen molar-refractivity contribution in [3.8, 4) is 0 Å². The summed E-state index contributed by atoms with van der Waals surface area (Å²) in [6.45, 7) is 0. The highest BCUT2D eigenvalue weighted by Crippen LogP contribution is 2.42. The van der Waals surface area contributed by atoms with Crippen molar-refractivity contribution in [2.45, 2.75) is 38.2 Å². The molecule has 2 N–H and O–H groups in total. The third-order valence-corrected chi connectivity index (χ3v) is 3.46. The molecule has 0 aliphatic heterocycles. The third kappa shape index (κ3) is 1.85. The van der Waals surface area contributed by atoms with Crippen molar-refractivity contribution in [1.29, 1.82) is 0 Å². The number of carbonyl (C=O) groups is 1. The van der Waals surface area contributed by atoms with Gasteiger partial charge in [0.05, 0.1) is 12.0 Å². The zero-order chi connectivity index (χ0) is 9.42. The fourth-order valence-corrected chi connectivity index (χ4v) is 3.02. The molecule has 3 unspecified atom stereocenters. The van der Waals surface area contributed by atoms with Crippen molar-refractivity contribution in [2.75, 3.05) is 0 Å². The van der Waals surface area contributed by atoms with Crippen LogP contribution in [0.3, 0.4) is 0 Å². The molecule has 2 bridgehead atoms. The van der Waals surface area contributed by atoms with Crippen LogP contribution in [0.4, 0.5) is 0 Å². The molecule has 2 aliphatic carbocycles. The van der Waals surface area contributed by atoms with E-state index in [2.05, 4.69) is 0 Å². The number of hydrogen-bond donors (Lipinski definition) is 2. The second-order valence-corrected chi connectivity index (χ2v) is 4.60. The number of aliphatic hydroxyl groups is 1. The van der Waals surface area contributed by atoms with Crippen molar-refractivity contribution in [2.24, 2.45) is 17.8 Å². The van der Waals surface area contributed by atoms with E-state index in [4.69, 9.17) is 5.11 Å². The highest BCUT2D eigenvalue weighted by Gasteiger charge is 2.37. The van der Waals surface area contributed by atoms with Crippen LogP contribution < -0.4 is 0 Å². The number of fused-ring (bicyclic) bond motifs is 2. The molecule has 0 saturated heterocycles. The largest absolute Gasteiger partial charge is 0.481 e. The van der Waals surface area contributed by atoms with E-state index in [9.17, 15) is 9.90 Å². The quantitative estimate of drug-likeness (QED) is 0.645. The van der Waals surface area contributed by atoms with E-state index in [1.54, 1.807) is 0 Å². The van der Waals surface area contributed by atoms with Gasteiger partial charge in [-0.05, 0) is 43.9 Å². The van der Waals surface area contributed by atoms with E-state index in [0.717, 1.165) is 32.1 Å². The Morgan fingerprint density at radius 3 is 2.00 bits per heavy atom. The summed E-state index contributed by atoms with van der Waals surface area (Å²) in [7, 11) is 0. The minimum Gasteiger partial charge on any atom is -0.481 e. The Labute approximate surface area is 77.8 Å². The molecule has 3 heteroatoms. The first-order chi connectivity index (χ1) is 6.15. The van der Waals surface area contributed by atoms with Crippen LogP contribution in [0.2, 0.25) is 0 Å². The third-order valence-electron chi connectivity index (χ3n) is 3.46. The standard InChI is InChI=1S/C10H16O3/c11-9-4-6-1-7(5-9)3-8(2-6)10(12)13/h6-9,11H,1-5H2,(H,12,13)/t6-,7?,8?,9?/m0/s1. The molecule has 2 saturated carbocycles. The monoisotopic (exact) mass is 184 g/mol. The molecule has 0 aromatic heterocycles. The van der Waals surface area contributed by atoms with Crippen LogP contribution in [0.5, 0.6) is 0 Å². The maximum atomic E-state index is 10.8. The summed E-state index contributed by atoms with van der Waals surface area (Å²) in [5, 5.41) is 18.4. The Bertz CT molecular complexity index is 196. The molecular weight excluding hydrogens is 168 g/mol. The van der Waals surface area contributed by atoms with Crippen molar-refractivity contribution in [3.05, 3.63) is 0 Å². The van der Waals surface area contributed by atoms with Gasteiger partial charge in [0, 0.05) is 0 Å². The van der Waals surface area contributed by atoms with E-state index in [-0.39, 0.29) is 12.0 Å². The average Bonchev–Trinajstić information content (AvgIpc) is 2.01. The maximum absolute atomic E-state index is 10.8. The highest BCUT2D eigenvalue weighted by molar-refractivity contribution is 5.70. The Balaban J connectivity index is 2.01. The van der Waals surface area contributed by atoms with Gasteiger partial charge in [0.15, 0.2) is 0 Å². The maximum Gasteiger partial charge on any atom is 0.306 e. The topological polar surface area (TPSA) is 57.5 Å². The number of aliphatic hydroxyl groups excluding tert-OH is 1. The zero-order valence-electron chi connectivity index (χ0n) is 7.65. The predicted molar refractivity (Wildman–Crippen MR) is 47.2 cm³/mol. The van der Waals surface area contributed by atoms with Gasteiger partial charge >= 0.3 is 5.97 Å². The van der Waals surface area contributed by atoms with Gasteiger partial charge in [-0.15, -0.1) is 0 Å². The van der Waals surface area contributed by atoms with Gasteiger partial charge in [-0.3, -0.25) is 4.79 Å². The number of hydrogen-bond acceptors (Lipinski definition) is 2. The summed E-state index contributed by atoms with van der Waals surface area (Å²) in [5.74, 6) is 0.134. The fraction of sp³-hybridized carbons (Fsp3) is 0.900. The van der Waals surface area contributed by atoms with Gasteiger partial charge in [-0.2, -0.15) is 0 Å². The van der Waals surface area contributed by atoms with Gasteiger partial charge in [0.1, 0.15) is 0 Å². The molecule has 0 amide bonds. The normalized spacial score (nSPS) is 44.4. The lowest BCUT2D eigenvalue weighted by atomic mass is 9.67. The molecule has 0 spiro atoms. The number of carboxylic acids is 1. The average molecular weight is 184 g/mol. The Morgan fingerprint density at radius 2 is 1.54 bits per heavy atom. The first-order valence-electron chi connectivity index (χ1n) is 5.06. The van der Waals surface area contributed by atoms with Gasteiger partial charge in [0.25, 0.3) is 0 Å². The lowest BCUT2D eigenvalue weighted by Gasteiger charge is -2.39. The summed E-state index contributed by atoms with van der Waals surface area (Å²) in [5.41, 5.74) is 0. The Morgan fingerprint density at radius 1 is 1.00 bits per heavy atom. The Hall–Kier alpha value is -0.570. The minimum atomic E-state index is -0.647. The molecule has 4 atom stereocenters. The van der Waals surface area contributed by atoms with Crippen LogP contribution in [0.15, 0.2) is 0 Å². The molecule has 3 nitrogen and oxygen atoms in total. The van der Waals surface area contributed by atoms with Crippen molar-refractivity contribution >= 4 is 5.97 Å². The number of carboxylic acid groups (broad SMARTS) is 1. The summed E-state index contributed by atoms with van der Waals surface area (Å²) < 4.78 is 0. The van der Waals surface area contributed by atoms with Crippen molar-refractivity contribution in [3.63, 3.8) is 0 Å². The first kappa shape index (κ1) is 9.00. The lowest BCUT2D eigenvalue weighted by Crippen LogP contribution is -2.35. The molecule has 0 aromatic carbocycles. The zero-order valence-corrected chi connectivity index (χ0v) is 7.65. The van der Waals surface area contributed by atoms with Crippen LogP contribution in [-0.4, -0.2) is 22.3 Å². The lowest BCUT2D eigenvalue weighted by molar-refractivity contribution is -0.145. The molecule has 2 fully saturated rings. The second-order valence-electron chi connectivity index (χ2n) is 4.60. The first-order valence-corrected chi connectivity index (χ1v) is 5.06. The van der Waals surface area contributed by atoms with Crippen LogP contribution in [0.25, 0.3) is 0 Å². The fourth-order valence-electron chi connectivity index (χ4n) is 3.02. The van der Waals surface area contributed by atoms with Crippen LogP contribution >= 0.6 is 0 Å². The molecular formula is C10H16O3. The molecule has 0 aromatic rings.